The van der Waals surface area contributed by atoms with Gasteiger partial charge in [0, 0.05) is 6.42 Å². The van der Waals surface area contributed by atoms with Gasteiger partial charge < -0.3 is 14.8 Å². The van der Waals surface area contributed by atoms with Crippen molar-refractivity contribution in [3.05, 3.63) is 12.8 Å². The van der Waals surface area contributed by atoms with Crippen LogP contribution in [-0.4, -0.2) is 36.4 Å². The second-order valence-electron chi connectivity index (χ2n) is 5.12. The zero-order valence-electron chi connectivity index (χ0n) is 11.2. The van der Waals surface area contributed by atoms with Gasteiger partial charge in [-0.15, -0.1) is 0 Å². The predicted octanol–water partition coefficient (Wildman–Crippen LogP) is 3.02. The summed E-state index contributed by atoms with van der Waals surface area (Å²) < 4.78 is 0. The van der Waals surface area contributed by atoms with E-state index in [1.165, 1.54) is 25.9 Å². The molecule has 0 aromatic heterocycles. The maximum atomic E-state index is 9.82. The average molecular weight is 229 g/mol. The van der Waals surface area contributed by atoms with Gasteiger partial charge in [0.15, 0.2) is 0 Å². The molecular formula is C13H27NO2. The maximum Gasteiger partial charge on any atom is 0.120 e. The zero-order chi connectivity index (χ0) is 13.0. The van der Waals surface area contributed by atoms with Gasteiger partial charge >= 0.3 is 0 Å². The number of hydrogen-bond acceptors (Lipinski definition) is 3. The molecule has 1 heterocycles. The number of aldehydes is 1. The fourth-order valence-electron chi connectivity index (χ4n) is 1.13. The van der Waals surface area contributed by atoms with E-state index in [4.69, 9.17) is 5.11 Å². The Bertz CT molecular complexity index is 167. The topological polar surface area (TPSA) is 40.5 Å². The highest BCUT2D eigenvalue weighted by Gasteiger charge is 2.06. The van der Waals surface area contributed by atoms with Crippen LogP contribution in [0.1, 0.15) is 40.0 Å². The van der Waals surface area contributed by atoms with E-state index in [2.05, 4.69) is 18.5 Å². The average Bonchev–Trinajstić information content (AvgIpc) is 2.56. The third-order valence-electron chi connectivity index (χ3n) is 2.03. The molecule has 1 aliphatic heterocycles. The minimum Gasteiger partial charge on any atom is -0.516 e. The molecule has 0 amide bonds. The summed E-state index contributed by atoms with van der Waals surface area (Å²) in [5.41, 5.74) is 0.182. The van der Waals surface area contributed by atoms with E-state index < -0.39 is 0 Å². The Morgan fingerprint density at radius 2 is 1.69 bits per heavy atom. The molecule has 96 valence electrons. The summed E-state index contributed by atoms with van der Waals surface area (Å²) in [5, 5.41) is 7.33. The molecule has 1 aliphatic rings. The highest BCUT2D eigenvalue weighted by atomic mass is 16.2. The van der Waals surface area contributed by atoms with E-state index >= 15 is 0 Å². The standard InChI is InChI=1S/C6H12O.C5H11N.C2H4O/c1-6(2,3)4-5-7;1-6-4-2-3-5-6;1-2-3/h5H,4H2,1-3H3;2-5H2,1H3;2-3H,1H2. The van der Waals surface area contributed by atoms with E-state index in [-0.39, 0.29) is 5.41 Å². The largest absolute Gasteiger partial charge is 0.516 e. The first kappa shape index (κ1) is 17.6. The Morgan fingerprint density at radius 1 is 1.31 bits per heavy atom. The number of carbonyl (C=O) groups is 1. The highest BCUT2D eigenvalue weighted by molar-refractivity contribution is 5.50. The SMILES string of the molecule is C=CO.CC(C)(C)CC=O.CN1CCCC1. The number of aliphatic hydroxyl groups is 1. The second kappa shape index (κ2) is 10.7. The molecule has 0 unspecified atom stereocenters. The molecule has 3 heteroatoms. The van der Waals surface area contributed by atoms with Crippen LogP contribution >= 0.6 is 0 Å². The van der Waals surface area contributed by atoms with Crippen molar-refractivity contribution >= 4 is 6.29 Å². The lowest BCUT2D eigenvalue weighted by atomic mass is 9.93. The minimum atomic E-state index is 0.182. The first-order valence-electron chi connectivity index (χ1n) is 5.74. The van der Waals surface area contributed by atoms with Gasteiger partial charge in [0.25, 0.3) is 0 Å². The van der Waals surface area contributed by atoms with Crippen LogP contribution in [0.15, 0.2) is 12.8 Å². The first-order chi connectivity index (χ1) is 7.37. The van der Waals surface area contributed by atoms with E-state index in [1.54, 1.807) is 0 Å². The summed E-state index contributed by atoms with van der Waals surface area (Å²) in [6, 6.07) is 0. The molecule has 0 aromatic carbocycles. The van der Waals surface area contributed by atoms with Gasteiger partial charge in [0.05, 0.1) is 6.26 Å². The van der Waals surface area contributed by atoms with E-state index in [0.29, 0.717) is 6.42 Å². The van der Waals surface area contributed by atoms with Crippen LogP contribution in [-0.2, 0) is 4.79 Å². The van der Waals surface area contributed by atoms with Crippen molar-refractivity contribution in [2.45, 2.75) is 40.0 Å². The van der Waals surface area contributed by atoms with Crippen molar-refractivity contribution in [3.8, 4) is 0 Å². The monoisotopic (exact) mass is 229 g/mol. The smallest absolute Gasteiger partial charge is 0.120 e. The maximum absolute atomic E-state index is 9.82. The molecule has 0 saturated carbocycles. The van der Waals surface area contributed by atoms with Gasteiger partial charge in [-0.3, -0.25) is 0 Å². The third-order valence-corrected chi connectivity index (χ3v) is 2.03. The van der Waals surface area contributed by atoms with Gasteiger partial charge in [0.2, 0.25) is 0 Å². The molecule has 1 N–H and O–H groups in total. The number of nitrogens with zero attached hydrogens (tertiary/aromatic N) is 1. The summed E-state index contributed by atoms with van der Waals surface area (Å²) in [7, 11) is 2.17. The number of carbonyl (C=O) groups excluding carboxylic acids is 1. The second-order valence-corrected chi connectivity index (χ2v) is 5.12. The number of aliphatic hydroxyl groups excluding tert-OH is 1. The Hall–Kier alpha value is -0.830. The minimum absolute atomic E-state index is 0.182. The highest BCUT2D eigenvalue weighted by Crippen LogP contribution is 2.15. The van der Waals surface area contributed by atoms with E-state index in [1.807, 2.05) is 20.8 Å². The molecule has 0 aliphatic carbocycles. The van der Waals surface area contributed by atoms with Gasteiger partial charge in [-0.2, -0.15) is 0 Å². The number of likely N-dealkylation sites (tertiary alicyclic amines) is 1. The number of hydrogen-bond donors (Lipinski definition) is 1. The number of rotatable bonds is 1. The van der Waals surface area contributed by atoms with Gasteiger partial charge in [-0.25, -0.2) is 0 Å². The van der Waals surface area contributed by atoms with Gasteiger partial charge in [0.1, 0.15) is 6.29 Å². The predicted molar refractivity (Wildman–Crippen MR) is 69.7 cm³/mol. The van der Waals surface area contributed by atoms with Crippen molar-refractivity contribution in [2.75, 3.05) is 20.1 Å². The third kappa shape index (κ3) is 18.9. The Morgan fingerprint density at radius 3 is 1.75 bits per heavy atom. The lowest BCUT2D eigenvalue weighted by Crippen LogP contribution is -2.10. The van der Waals surface area contributed by atoms with E-state index in [9.17, 15) is 4.79 Å². The Balaban J connectivity index is 0. The van der Waals surface area contributed by atoms with Crippen molar-refractivity contribution in [3.63, 3.8) is 0 Å². The summed E-state index contributed by atoms with van der Waals surface area (Å²) in [4.78, 5) is 12.2. The summed E-state index contributed by atoms with van der Waals surface area (Å²) >= 11 is 0. The van der Waals surface area contributed by atoms with E-state index in [0.717, 1.165) is 12.5 Å². The van der Waals surface area contributed by atoms with Crippen LogP contribution < -0.4 is 0 Å². The molecular weight excluding hydrogens is 202 g/mol. The summed E-state index contributed by atoms with van der Waals surface area (Å²) in [6.45, 7) is 11.7. The molecule has 0 radical (unpaired) electrons. The van der Waals surface area contributed by atoms with Crippen molar-refractivity contribution in [2.24, 2.45) is 5.41 Å². The molecule has 0 bridgehead atoms. The molecule has 1 saturated heterocycles. The Kier molecular flexibility index (Phi) is 11.7. The molecule has 0 aromatic rings. The lowest BCUT2D eigenvalue weighted by Gasteiger charge is -2.11. The fraction of sp³-hybridized carbons (Fsp3) is 0.769. The summed E-state index contributed by atoms with van der Waals surface area (Å²) in [6.07, 6.45) is 5.19. The van der Waals surface area contributed by atoms with Crippen LogP contribution in [0.25, 0.3) is 0 Å². The van der Waals surface area contributed by atoms with Crippen LogP contribution in [0, 0.1) is 5.41 Å². The van der Waals surface area contributed by atoms with Gasteiger partial charge in [-0.05, 0) is 38.4 Å². The summed E-state index contributed by atoms with van der Waals surface area (Å²) in [5.74, 6) is 0. The molecule has 0 spiro atoms. The fourth-order valence-corrected chi connectivity index (χ4v) is 1.13. The Labute approximate surface area is 100 Å². The molecule has 3 nitrogen and oxygen atoms in total. The first-order valence-corrected chi connectivity index (χ1v) is 5.74. The van der Waals surface area contributed by atoms with Crippen LogP contribution in [0.3, 0.4) is 0 Å². The van der Waals surface area contributed by atoms with Crippen molar-refractivity contribution in [1.82, 2.24) is 4.90 Å². The van der Waals surface area contributed by atoms with Crippen molar-refractivity contribution < 1.29 is 9.90 Å². The van der Waals surface area contributed by atoms with Gasteiger partial charge in [-0.1, -0.05) is 27.4 Å². The molecule has 16 heavy (non-hydrogen) atoms. The lowest BCUT2D eigenvalue weighted by molar-refractivity contribution is -0.109. The van der Waals surface area contributed by atoms with Crippen LogP contribution in [0.2, 0.25) is 0 Å². The molecule has 1 rings (SSSR count). The quantitative estimate of drug-likeness (QED) is 0.555. The molecule has 1 fully saturated rings. The molecule has 0 atom stereocenters. The normalized spacial score (nSPS) is 15.2. The van der Waals surface area contributed by atoms with Crippen LogP contribution in [0.5, 0.6) is 0 Å². The van der Waals surface area contributed by atoms with Crippen LogP contribution in [0.4, 0.5) is 0 Å². The zero-order valence-corrected chi connectivity index (χ0v) is 11.2. The van der Waals surface area contributed by atoms with Crippen molar-refractivity contribution in [1.29, 1.82) is 0 Å².